The topological polar surface area (TPSA) is 79.4 Å². The Morgan fingerprint density at radius 3 is 2.95 bits per heavy atom. The van der Waals surface area contributed by atoms with Gasteiger partial charge in [0.2, 0.25) is 0 Å². The molecule has 3 rings (SSSR count). The summed E-state index contributed by atoms with van der Waals surface area (Å²) >= 11 is 0. The second-order valence-electron chi connectivity index (χ2n) is 4.32. The molecule has 0 bridgehead atoms. The minimum absolute atomic E-state index is 0.135. The van der Waals surface area contributed by atoms with Gasteiger partial charge in [-0.05, 0) is 19.2 Å². The van der Waals surface area contributed by atoms with Gasteiger partial charge in [0.05, 0.1) is 5.52 Å². The zero-order valence-electron chi connectivity index (χ0n) is 10.9. The fourth-order valence-corrected chi connectivity index (χ4v) is 2.08. The van der Waals surface area contributed by atoms with Crippen LogP contribution in [0.2, 0.25) is 0 Å². The predicted octanol–water partition coefficient (Wildman–Crippen LogP) is 1.41. The molecule has 2 heterocycles. The molecule has 20 heavy (non-hydrogen) atoms. The average molecular weight is 264 g/mol. The number of nitrogens with zero attached hydrogens (tertiary/aromatic N) is 5. The first-order valence-corrected chi connectivity index (χ1v) is 6.17. The van der Waals surface area contributed by atoms with Crippen LogP contribution in [-0.4, -0.2) is 26.8 Å². The van der Waals surface area contributed by atoms with Gasteiger partial charge in [-0.25, -0.2) is 14.6 Å². The van der Waals surface area contributed by atoms with E-state index in [2.05, 4.69) is 26.4 Å². The van der Waals surface area contributed by atoms with E-state index in [1.54, 1.807) is 0 Å². The summed E-state index contributed by atoms with van der Waals surface area (Å²) in [6.07, 6.45) is 1.51. The van der Waals surface area contributed by atoms with Crippen molar-refractivity contribution in [2.75, 3.05) is 7.05 Å². The largest absolute Gasteiger partial charge is 0.316 e. The fourth-order valence-electron chi connectivity index (χ4n) is 2.08. The standard InChI is InChI=1S/C14H12N6/c1-16-8-11-6-10-4-2-3-5-12(10)18-14(11)20-9-17-13(7-15)19-20/h2-6,9,16H,8H2,1H3. The second kappa shape index (κ2) is 5.07. The average Bonchev–Trinajstić information content (AvgIpc) is 2.95. The lowest BCUT2D eigenvalue weighted by Crippen LogP contribution is -2.11. The summed E-state index contributed by atoms with van der Waals surface area (Å²) < 4.78 is 1.54. The number of hydrogen-bond donors (Lipinski definition) is 1. The molecule has 1 N–H and O–H groups in total. The summed E-state index contributed by atoms with van der Waals surface area (Å²) in [7, 11) is 1.88. The summed E-state index contributed by atoms with van der Waals surface area (Å²) in [6.45, 7) is 0.662. The van der Waals surface area contributed by atoms with E-state index in [-0.39, 0.29) is 5.82 Å². The van der Waals surface area contributed by atoms with Crippen LogP contribution in [0.4, 0.5) is 0 Å². The monoisotopic (exact) mass is 264 g/mol. The van der Waals surface area contributed by atoms with Crippen LogP contribution in [0.15, 0.2) is 36.7 Å². The Morgan fingerprint density at radius 2 is 2.20 bits per heavy atom. The van der Waals surface area contributed by atoms with E-state index in [1.807, 2.05) is 37.4 Å². The molecular formula is C14H12N6. The van der Waals surface area contributed by atoms with Gasteiger partial charge in [0, 0.05) is 17.5 Å². The molecule has 0 saturated heterocycles. The minimum Gasteiger partial charge on any atom is -0.316 e. The number of nitrogens with one attached hydrogen (secondary N) is 1. The Hall–Kier alpha value is -2.78. The van der Waals surface area contributed by atoms with Crippen LogP contribution in [0.5, 0.6) is 0 Å². The highest BCUT2D eigenvalue weighted by Gasteiger charge is 2.10. The molecule has 0 spiro atoms. The smallest absolute Gasteiger partial charge is 0.252 e. The number of hydrogen-bond acceptors (Lipinski definition) is 5. The van der Waals surface area contributed by atoms with Crippen LogP contribution < -0.4 is 5.32 Å². The fraction of sp³-hybridized carbons (Fsp3) is 0.143. The maximum atomic E-state index is 8.82. The quantitative estimate of drug-likeness (QED) is 0.773. The molecule has 0 aliphatic carbocycles. The van der Waals surface area contributed by atoms with Crippen molar-refractivity contribution in [1.29, 1.82) is 5.26 Å². The van der Waals surface area contributed by atoms with Crippen molar-refractivity contribution < 1.29 is 0 Å². The van der Waals surface area contributed by atoms with Crippen molar-refractivity contribution in [1.82, 2.24) is 25.1 Å². The van der Waals surface area contributed by atoms with Gasteiger partial charge >= 0.3 is 0 Å². The molecule has 0 radical (unpaired) electrons. The van der Waals surface area contributed by atoms with Crippen LogP contribution in [-0.2, 0) is 6.54 Å². The van der Waals surface area contributed by atoms with Gasteiger partial charge in [-0.1, -0.05) is 18.2 Å². The molecule has 6 heteroatoms. The van der Waals surface area contributed by atoms with Crippen molar-refractivity contribution in [2.45, 2.75) is 6.54 Å². The zero-order chi connectivity index (χ0) is 13.9. The normalized spacial score (nSPS) is 10.6. The molecular weight excluding hydrogens is 252 g/mol. The lowest BCUT2D eigenvalue weighted by Gasteiger charge is -2.09. The number of nitriles is 1. The van der Waals surface area contributed by atoms with Crippen molar-refractivity contribution in [3.63, 3.8) is 0 Å². The van der Waals surface area contributed by atoms with Crippen molar-refractivity contribution in [3.05, 3.63) is 48.0 Å². The van der Waals surface area contributed by atoms with Crippen LogP contribution in [0.1, 0.15) is 11.4 Å². The first-order valence-electron chi connectivity index (χ1n) is 6.17. The minimum atomic E-state index is 0.135. The Labute approximate surface area is 115 Å². The highest BCUT2D eigenvalue weighted by atomic mass is 15.4. The Morgan fingerprint density at radius 1 is 1.35 bits per heavy atom. The van der Waals surface area contributed by atoms with E-state index in [1.165, 1.54) is 11.0 Å². The lowest BCUT2D eigenvalue weighted by atomic mass is 10.1. The zero-order valence-corrected chi connectivity index (χ0v) is 10.9. The highest BCUT2D eigenvalue weighted by molar-refractivity contribution is 5.80. The molecule has 0 unspecified atom stereocenters. The molecule has 0 aliphatic heterocycles. The van der Waals surface area contributed by atoms with Gasteiger partial charge in [-0.15, -0.1) is 5.10 Å². The summed E-state index contributed by atoms with van der Waals surface area (Å²) in [5.74, 6) is 0.822. The lowest BCUT2D eigenvalue weighted by molar-refractivity contribution is 0.773. The van der Waals surface area contributed by atoms with Gasteiger partial charge in [-0.3, -0.25) is 0 Å². The van der Waals surface area contributed by atoms with E-state index in [4.69, 9.17) is 5.26 Å². The van der Waals surface area contributed by atoms with Crippen molar-refractivity contribution >= 4 is 10.9 Å². The van der Waals surface area contributed by atoms with Gasteiger partial charge in [-0.2, -0.15) is 5.26 Å². The maximum absolute atomic E-state index is 8.82. The highest BCUT2D eigenvalue weighted by Crippen LogP contribution is 2.19. The molecule has 0 fully saturated rings. The third kappa shape index (κ3) is 2.11. The Kier molecular flexibility index (Phi) is 3.11. The molecule has 0 atom stereocenters. The first kappa shape index (κ1) is 12.3. The molecule has 6 nitrogen and oxygen atoms in total. The van der Waals surface area contributed by atoms with E-state index < -0.39 is 0 Å². The number of pyridine rings is 1. The SMILES string of the molecule is CNCc1cc2ccccc2nc1-n1cnc(C#N)n1. The summed E-state index contributed by atoms with van der Waals surface area (Å²) in [6, 6.07) is 11.9. The molecule has 1 aromatic carbocycles. The Bertz CT molecular complexity index is 799. The van der Waals surface area contributed by atoms with Crippen LogP contribution in [0.3, 0.4) is 0 Å². The van der Waals surface area contributed by atoms with Crippen LogP contribution in [0.25, 0.3) is 16.7 Å². The van der Waals surface area contributed by atoms with E-state index in [0.717, 1.165) is 16.5 Å². The number of para-hydroxylation sites is 1. The van der Waals surface area contributed by atoms with E-state index >= 15 is 0 Å². The third-order valence-corrected chi connectivity index (χ3v) is 2.96. The van der Waals surface area contributed by atoms with Gasteiger partial charge in [0.25, 0.3) is 5.82 Å². The Balaban J connectivity index is 2.21. The second-order valence-corrected chi connectivity index (χ2v) is 4.32. The van der Waals surface area contributed by atoms with Crippen molar-refractivity contribution in [3.8, 4) is 11.9 Å². The van der Waals surface area contributed by atoms with Crippen molar-refractivity contribution in [2.24, 2.45) is 0 Å². The van der Waals surface area contributed by atoms with Crippen LogP contribution >= 0.6 is 0 Å². The number of aromatic nitrogens is 4. The molecule has 0 saturated carbocycles. The maximum Gasteiger partial charge on any atom is 0.252 e. The summed E-state index contributed by atoms with van der Waals surface area (Å²) in [4.78, 5) is 8.55. The number of fused-ring (bicyclic) bond motifs is 1. The first-order chi connectivity index (χ1) is 9.81. The van der Waals surface area contributed by atoms with E-state index in [9.17, 15) is 0 Å². The number of rotatable bonds is 3. The molecule has 98 valence electrons. The summed E-state index contributed by atoms with van der Waals surface area (Å²) in [5, 5.41) is 17.1. The molecule has 0 aliphatic rings. The molecule has 2 aromatic heterocycles. The number of benzene rings is 1. The molecule has 3 aromatic rings. The molecule has 0 amide bonds. The van der Waals surface area contributed by atoms with E-state index in [0.29, 0.717) is 12.4 Å². The summed E-state index contributed by atoms with van der Waals surface area (Å²) in [5.41, 5.74) is 1.89. The third-order valence-electron chi connectivity index (χ3n) is 2.96. The van der Waals surface area contributed by atoms with Gasteiger partial charge < -0.3 is 5.32 Å². The predicted molar refractivity (Wildman–Crippen MR) is 74.1 cm³/mol. The van der Waals surface area contributed by atoms with Gasteiger partial charge in [0.1, 0.15) is 12.4 Å². The van der Waals surface area contributed by atoms with Crippen LogP contribution in [0, 0.1) is 11.3 Å². The van der Waals surface area contributed by atoms with Gasteiger partial charge in [0.15, 0.2) is 5.82 Å².